The molecule has 1 N–H and O–H groups in total. The molecule has 0 unspecified atom stereocenters. The minimum Gasteiger partial charge on any atom is -0.350 e. The molecule has 1 fully saturated rings. The van der Waals surface area contributed by atoms with E-state index >= 15 is 0 Å². The smallest absolute Gasteiger partial charge is 0.244 e. The van der Waals surface area contributed by atoms with Gasteiger partial charge in [0.05, 0.1) is 11.6 Å². The third kappa shape index (κ3) is 6.26. The van der Waals surface area contributed by atoms with Gasteiger partial charge in [0.2, 0.25) is 5.91 Å². The molecule has 5 rings (SSSR count). The van der Waals surface area contributed by atoms with Crippen LogP contribution in [0.15, 0.2) is 60.7 Å². The molecule has 37 heavy (non-hydrogen) atoms. The zero-order valence-corrected chi connectivity index (χ0v) is 21.3. The minimum atomic E-state index is -0.246. The molecule has 0 spiro atoms. The van der Waals surface area contributed by atoms with Crippen molar-refractivity contribution in [2.24, 2.45) is 5.92 Å². The Morgan fingerprint density at radius 3 is 2.54 bits per heavy atom. The molecular formula is C32H34FN3O. The van der Waals surface area contributed by atoms with Gasteiger partial charge in [-0.3, -0.25) is 4.79 Å². The topological polar surface area (TPSA) is 56.1 Å². The van der Waals surface area contributed by atoms with Crippen LogP contribution in [0.2, 0.25) is 0 Å². The number of amides is 1. The Bertz CT molecular complexity index is 1330. The van der Waals surface area contributed by atoms with E-state index < -0.39 is 0 Å². The van der Waals surface area contributed by atoms with Crippen molar-refractivity contribution in [2.75, 3.05) is 19.6 Å². The summed E-state index contributed by atoms with van der Waals surface area (Å²) in [6.45, 7) is 3.26. The van der Waals surface area contributed by atoms with Crippen molar-refractivity contribution in [1.82, 2.24) is 10.2 Å². The fraction of sp³-hybridized carbons (Fsp3) is 0.375. The molecule has 1 saturated carbocycles. The maximum Gasteiger partial charge on any atom is 0.244 e. The van der Waals surface area contributed by atoms with Gasteiger partial charge < -0.3 is 10.2 Å². The van der Waals surface area contributed by atoms with Crippen molar-refractivity contribution in [2.45, 2.75) is 51.0 Å². The second kappa shape index (κ2) is 11.7. The molecule has 0 aromatic heterocycles. The summed E-state index contributed by atoms with van der Waals surface area (Å²) in [5, 5.41) is 13.7. The zero-order chi connectivity index (χ0) is 25.6. The highest BCUT2D eigenvalue weighted by Gasteiger charge is 2.23. The molecule has 5 heteroatoms. The van der Waals surface area contributed by atoms with Gasteiger partial charge in [0.1, 0.15) is 5.82 Å². The maximum absolute atomic E-state index is 14.1. The normalized spacial score (nSPS) is 20.3. The third-order valence-electron chi connectivity index (χ3n) is 8.10. The van der Waals surface area contributed by atoms with Crippen LogP contribution in [-0.2, 0) is 17.6 Å². The first-order valence-electron chi connectivity index (χ1n) is 13.5. The molecule has 0 bridgehead atoms. The average Bonchev–Trinajstić information content (AvgIpc) is 3.14. The molecule has 3 aromatic carbocycles. The van der Waals surface area contributed by atoms with Gasteiger partial charge in [0.15, 0.2) is 0 Å². The number of nitrogens with zero attached hydrogens (tertiary/aromatic N) is 2. The van der Waals surface area contributed by atoms with Gasteiger partial charge in [0.25, 0.3) is 0 Å². The van der Waals surface area contributed by atoms with Crippen molar-refractivity contribution in [3.8, 4) is 6.07 Å². The van der Waals surface area contributed by atoms with Gasteiger partial charge in [0, 0.05) is 30.6 Å². The van der Waals surface area contributed by atoms with E-state index in [1.807, 2.05) is 24.3 Å². The third-order valence-corrected chi connectivity index (χ3v) is 8.10. The fourth-order valence-electron chi connectivity index (χ4n) is 5.87. The zero-order valence-electron chi connectivity index (χ0n) is 21.3. The molecule has 190 valence electrons. The fourth-order valence-corrected chi connectivity index (χ4v) is 5.87. The van der Waals surface area contributed by atoms with E-state index in [1.54, 1.807) is 24.3 Å². The second-order valence-electron chi connectivity index (χ2n) is 10.5. The number of nitriles is 1. The molecule has 1 aliphatic heterocycles. The first kappa shape index (κ1) is 25.2. The quantitative estimate of drug-likeness (QED) is 0.425. The molecule has 0 saturated heterocycles. The number of hydrogen-bond acceptors (Lipinski definition) is 3. The largest absolute Gasteiger partial charge is 0.350 e. The number of carbonyl (C=O) groups excluding carboxylic acids is 1. The van der Waals surface area contributed by atoms with E-state index in [-0.39, 0.29) is 17.8 Å². The summed E-state index contributed by atoms with van der Waals surface area (Å²) < 4.78 is 14.1. The number of fused-ring (bicyclic) bond motifs is 2. The predicted octanol–water partition coefficient (Wildman–Crippen LogP) is 6.03. The molecule has 1 heterocycles. The van der Waals surface area contributed by atoms with Gasteiger partial charge in [-0.2, -0.15) is 5.26 Å². The van der Waals surface area contributed by atoms with E-state index in [9.17, 15) is 14.4 Å². The van der Waals surface area contributed by atoms with Crippen LogP contribution in [-0.4, -0.2) is 36.5 Å². The van der Waals surface area contributed by atoms with Crippen molar-refractivity contribution < 1.29 is 9.18 Å². The maximum atomic E-state index is 14.1. The van der Waals surface area contributed by atoms with E-state index in [0.717, 1.165) is 74.7 Å². The van der Waals surface area contributed by atoms with Gasteiger partial charge in [-0.25, -0.2) is 4.39 Å². The molecular weight excluding hydrogens is 461 g/mol. The molecule has 1 amide bonds. The Labute approximate surface area is 218 Å². The highest BCUT2D eigenvalue weighted by Crippen LogP contribution is 2.28. The lowest BCUT2D eigenvalue weighted by atomic mass is 9.84. The molecule has 0 radical (unpaired) electrons. The number of rotatable bonds is 6. The van der Waals surface area contributed by atoms with Crippen LogP contribution < -0.4 is 5.32 Å². The Kier molecular flexibility index (Phi) is 7.96. The van der Waals surface area contributed by atoms with Gasteiger partial charge >= 0.3 is 0 Å². The van der Waals surface area contributed by atoms with Crippen LogP contribution in [0.4, 0.5) is 4.39 Å². The summed E-state index contributed by atoms with van der Waals surface area (Å²) in [5.41, 5.74) is 4.33. The van der Waals surface area contributed by atoms with Crippen molar-refractivity contribution >= 4 is 22.8 Å². The van der Waals surface area contributed by atoms with Crippen LogP contribution >= 0.6 is 0 Å². The van der Waals surface area contributed by atoms with Gasteiger partial charge in [-0.15, -0.1) is 0 Å². The van der Waals surface area contributed by atoms with Crippen LogP contribution in [0.1, 0.15) is 54.4 Å². The van der Waals surface area contributed by atoms with Gasteiger partial charge in [-0.1, -0.05) is 36.4 Å². The number of halogens is 1. The summed E-state index contributed by atoms with van der Waals surface area (Å²) in [4.78, 5) is 15.1. The lowest BCUT2D eigenvalue weighted by molar-refractivity contribution is -0.117. The highest BCUT2D eigenvalue weighted by atomic mass is 19.1. The van der Waals surface area contributed by atoms with Crippen LogP contribution in [0, 0.1) is 23.1 Å². The summed E-state index contributed by atoms with van der Waals surface area (Å²) in [7, 11) is 0. The summed E-state index contributed by atoms with van der Waals surface area (Å²) in [5.74, 6) is 0.384. The first-order chi connectivity index (χ1) is 18.1. The van der Waals surface area contributed by atoms with E-state index in [2.05, 4.69) is 28.4 Å². The Balaban J connectivity index is 1.06. The van der Waals surface area contributed by atoms with Crippen molar-refractivity contribution in [3.05, 3.63) is 88.7 Å². The molecule has 2 aliphatic rings. The highest BCUT2D eigenvalue weighted by molar-refractivity contribution is 5.97. The average molecular weight is 496 g/mol. The SMILES string of the molecule is N#Cc1ccc2c(c1)CCN(CCC1CCC(NC(=O)/C=C/c3ccc(F)c4ccccc34)CC1)CC2. The number of benzene rings is 3. The minimum absolute atomic E-state index is 0.0828. The van der Waals surface area contributed by atoms with Crippen LogP contribution in [0.25, 0.3) is 16.8 Å². The standard InChI is InChI=1S/C32H34FN3O/c33-31-13-9-26(29-3-1-2-4-30(29)31)10-14-32(37)35-28-11-6-23(7-12-28)15-18-36-19-16-25-8-5-24(22-34)21-27(25)17-20-36/h1-5,8-10,13-14,21,23,28H,6-7,11-12,15-20H2,(H,35,37)/b14-10+. The summed E-state index contributed by atoms with van der Waals surface area (Å²) in [6.07, 6.45) is 11.0. The summed E-state index contributed by atoms with van der Waals surface area (Å²) >= 11 is 0. The van der Waals surface area contributed by atoms with Crippen LogP contribution in [0.5, 0.6) is 0 Å². The second-order valence-corrected chi connectivity index (χ2v) is 10.5. The lowest BCUT2D eigenvalue weighted by Gasteiger charge is -2.30. The molecule has 4 nitrogen and oxygen atoms in total. The monoisotopic (exact) mass is 495 g/mol. The van der Waals surface area contributed by atoms with E-state index in [0.29, 0.717) is 11.3 Å². The lowest BCUT2D eigenvalue weighted by Crippen LogP contribution is -2.37. The summed E-state index contributed by atoms with van der Waals surface area (Å²) in [6, 6.07) is 19.1. The first-order valence-corrected chi connectivity index (χ1v) is 13.5. The predicted molar refractivity (Wildman–Crippen MR) is 146 cm³/mol. The Morgan fingerprint density at radius 2 is 1.76 bits per heavy atom. The van der Waals surface area contributed by atoms with E-state index in [4.69, 9.17) is 0 Å². The van der Waals surface area contributed by atoms with Crippen LogP contribution in [0.3, 0.4) is 0 Å². The van der Waals surface area contributed by atoms with Crippen molar-refractivity contribution in [1.29, 1.82) is 5.26 Å². The Hall–Kier alpha value is -3.49. The van der Waals surface area contributed by atoms with Crippen molar-refractivity contribution in [3.63, 3.8) is 0 Å². The number of carbonyl (C=O) groups is 1. The van der Waals surface area contributed by atoms with E-state index in [1.165, 1.54) is 23.6 Å². The molecule has 0 atom stereocenters. The molecule has 3 aromatic rings. The van der Waals surface area contributed by atoms with Gasteiger partial charge in [-0.05, 0) is 104 Å². The number of nitrogens with one attached hydrogen (secondary N) is 1. The molecule has 1 aliphatic carbocycles. The Morgan fingerprint density at radius 1 is 1.00 bits per heavy atom. The number of hydrogen-bond donors (Lipinski definition) is 1.